The molecule has 188 valence electrons. The van der Waals surface area contributed by atoms with Gasteiger partial charge in [0, 0.05) is 42.2 Å². The fraction of sp³-hybridized carbons (Fsp3) is 0.581. The highest BCUT2D eigenvalue weighted by Crippen LogP contribution is 2.75. The molecular weight excluding hydrogens is 446 g/mol. The molecule has 4 bridgehead atoms. The van der Waals surface area contributed by atoms with E-state index in [1.165, 1.54) is 43.4 Å². The summed E-state index contributed by atoms with van der Waals surface area (Å²) in [6.45, 7) is 4.38. The molecule has 5 unspecified atom stereocenters. The average molecular weight is 484 g/mol. The molecule has 8 rings (SSSR count). The lowest BCUT2D eigenvalue weighted by Gasteiger charge is -2.66. The van der Waals surface area contributed by atoms with Crippen molar-refractivity contribution in [3.63, 3.8) is 0 Å². The van der Waals surface area contributed by atoms with Crippen LogP contribution in [0.5, 0.6) is 5.75 Å². The zero-order chi connectivity index (χ0) is 24.1. The Hall–Kier alpha value is -2.37. The molecule has 2 aromatic rings. The molecule has 0 spiro atoms. The maximum absolute atomic E-state index is 13.7. The summed E-state index contributed by atoms with van der Waals surface area (Å²) in [6, 6.07) is 17.7. The Bertz CT molecular complexity index is 1210. The number of carbonyl (C=O) groups is 1. The van der Waals surface area contributed by atoms with Gasteiger partial charge in [0.2, 0.25) is 0 Å². The fourth-order valence-electron chi connectivity index (χ4n) is 10.5. The predicted octanol–water partition coefficient (Wildman–Crippen LogP) is 3.95. The first-order valence-corrected chi connectivity index (χ1v) is 14.3. The quantitative estimate of drug-likeness (QED) is 0.694. The van der Waals surface area contributed by atoms with Crippen molar-refractivity contribution in [2.24, 2.45) is 17.3 Å². The van der Waals surface area contributed by atoms with Crippen molar-refractivity contribution >= 4 is 5.91 Å². The van der Waals surface area contributed by atoms with Crippen LogP contribution in [0.3, 0.4) is 0 Å². The second-order valence-electron chi connectivity index (χ2n) is 12.6. The minimum absolute atomic E-state index is 0.0862. The predicted molar refractivity (Wildman–Crippen MR) is 139 cm³/mol. The summed E-state index contributed by atoms with van der Waals surface area (Å²) in [5.41, 5.74) is 4.07. The molecule has 6 aliphatic rings. The van der Waals surface area contributed by atoms with E-state index in [4.69, 9.17) is 0 Å². The zero-order valence-corrected chi connectivity index (χ0v) is 21.0. The Labute approximate surface area is 213 Å². The van der Waals surface area contributed by atoms with Gasteiger partial charge in [0.15, 0.2) is 0 Å². The molecule has 3 aliphatic carbocycles. The number of hydrogen-bond acceptors (Lipinski definition) is 4. The van der Waals surface area contributed by atoms with Crippen molar-refractivity contribution < 1.29 is 9.90 Å². The van der Waals surface area contributed by atoms with E-state index < -0.39 is 0 Å². The summed E-state index contributed by atoms with van der Waals surface area (Å²) in [5, 5.41) is 14.4. The summed E-state index contributed by atoms with van der Waals surface area (Å²) in [5.74, 6) is 1.69. The van der Waals surface area contributed by atoms with E-state index in [-0.39, 0.29) is 16.7 Å². The molecule has 7 atom stereocenters. The summed E-state index contributed by atoms with van der Waals surface area (Å²) < 4.78 is 0. The van der Waals surface area contributed by atoms with E-state index in [1.54, 1.807) is 0 Å². The number of nitrogens with zero attached hydrogens (tertiary/aromatic N) is 2. The Kier molecular flexibility index (Phi) is 4.57. The van der Waals surface area contributed by atoms with Crippen molar-refractivity contribution in [1.82, 2.24) is 15.1 Å². The van der Waals surface area contributed by atoms with E-state index >= 15 is 0 Å². The highest BCUT2D eigenvalue weighted by Gasteiger charge is 2.76. The minimum atomic E-state index is 0.0862. The molecule has 5 fully saturated rings. The van der Waals surface area contributed by atoms with Gasteiger partial charge in [-0.15, -0.1) is 0 Å². The van der Waals surface area contributed by atoms with Crippen LogP contribution in [0.1, 0.15) is 60.0 Å². The van der Waals surface area contributed by atoms with Gasteiger partial charge in [-0.25, -0.2) is 0 Å². The van der Waals surface area contributed by atoms with Crippen molar-refractivity contribution in [3.05, 3.63) is 65.2 Å². The van der Waals surface area contributed by atoms with Crippen LogP contribution < -0.4 is 5.32 Å². The van der Waals surface area contributed by atoms with Crippen LogP contribution in [-0.2, 0) is 11.8 Å². The largest absolute Gasteiger partial charge is 0.508 e. The second-order valence-corrected chi connectivity index (χ2v) is 12.6. The smallest absolute Gasteiger partial charge is 0.254 e. The van der Waals surface area contributed by atoms with E-state index in [0.29, 0.717) is 35.7 Å². The summed E-state index contributed by atoms with van der Waals surface area (Å²) in [7, 11) is 0. The Morgan fingerprint density at radius 1 is 1.11 bits per heavy atom. The Morgan fingerprint density at radius 3 is 2.83 bits per heavy atom. The molecule has 0 aromatic heterocycles. The van der Waals surface area contributed by atoms with E-state index in [2.05, 4.69) is 27.2 Å². The van der Waals surface area contributed by atoms with Gasteiger partial charge in [0.1, 0.15) is 5.75 Å². The highest BCUT2D eigenvalue weighted by molar-refractivity contribution is 5.94. The summed E-state index contributed by atoms with van der Waals surface area (Å²) >= 11 is 0. The molecule has 1 amide bonds. The van der Waals surface area contributed by atoms with Gasteiger partial charge in [-0.2, -0.15) is 0 Å². The van der Waals surface area contributed by atoms with Crippen LogP contribution in [0.25, 0.3) is 0 Å². The van der Waals surface area contributed by atoms with Crippen LogP contribution in [0, 0.1) is 17.3 Å². The molecule has 2 saturated carbocycles. The topological polar surface area (TPSA) is 55.8 Å². The van der Waals surface area contributed by atoms with Crippen molar-refractivity contribution in [2.75, 3.05) is 26.2 Å². The van der Waals surface area contributed by atoms with Gasteiger partial charge in [-0.1, -0.05) is 24.3 Å². The Morgan fingerprint density at radius 2 is 2.00 bits per heavy atom. The number of carbonyl (C=O) groups excluding carboxylic acids is 1. The number of aromatic hydroxyl groups is 1. The lowest BCUT2D eigenvalue weighted by atomic mass is 9.43. The first-order chi connectivity index (χ1) is 17.6. The van der Waals surface area contributed by atoms with Crippen molar-refractivity contribution in [2.45, 2.75) is 68.5 Å². The van der Waals surface area contributed by atoms with Gasteiger partial charge in [0.25, 0.3) is 5.91 Å². The number of benzene rings is 2. The molecular formula is C31H37N3O2. The third kappa shape index (κ3) is 2.66. The van der Waals surface area contributed by atoms with Crippen molar-refractivity contribution in [3.8, 4) is 5.75 Å². The monoisotopic (exact) mass is 483 g/mol. The molecule has 3 aliphatic heterocycles. The van der Waals surface area contributed by atoms with Gasteiger partial charge in [0.05, 0.1) is 0 Å². The molecule has 5 heteroatoms. The fourth-order valence-corrected chi connectivity index (χ4v) is 10.5. The lowest BCUT2D eigenvalue weighted by molar-refractivity contribution is -0.102. The SMILES string of the molecule is O=C(c1ccccc1)N1C[C@H]2CC34CCC1C2C31CCN(C[C@H]2CCCN2)C4Cc2ccc(O)cc21. The third-order valence-corrected chi connectivity index (χ3v) is 11.5. The number of phenols is 1. The number of nitrogens with one attached hydrogen (secondary N) is 1. The van der Waals surface area contributed by atoms with Crippen LogP contribution >= 0.6 is 0 Å². The molecule has 0 radical (unpaired) electrons. The molecule has 2 aromatic carbocycles. The lowest BCUT2D eigenvalue weighted by Crippen LogP contribution is -2.70. The number of phenolic OH excluding ortho intramolecular Hbond substituents is 1. The maximum Gasteiger partial charge on any atom is 0.254 e. The zero-order valence-electron chi connectivity index (χ0n) is 21.0. The number of fused-ring (bicyclic) bond motifs is 1. The number of amides is 1. The molecule has 5 nitrogen and oxygen atoms in total. The normalized spacial score (nSPS) is 40.2. The third-order valence-electron chi connectivity index (χ3n) is 11.5. The van der Waals surface area contributed by atoms with Crippen LogP contribution in [0.2, 0.25) is 0 Å². The first kappa shape index (κ1) is 21.7. The first-order valence-electron chi connectivity index (χ1n) is 14.3. The van der Waals surface area contributed by atoms with Gasteiger partial charge in [-0.3, -0.25) is 9.69 Å². The number of hydrogen-bond donors (Lipinski definition) is 2. The van der Waals surface area contributed by atoms with E-state index in [0.717, 1.165) is 44.5 Å². The standard InChI is InChI=1S/C31H37N3O2/c35-24-9-8-21-15-27-30-11-10-26-28(22(17-30)18-34(26)29(36)20-5-2-1-3-6-20)31(30,25(21)16-24)12-14-33(27)19-23-7-4-13-32-23/h1-3,5-6,8-9,16,22-23,26-28,32,35H,4,7,10-15,17-19H2/t22-,23-,26?,27?,28?,30?,31?/m1/s1. The number of rotatable bonds is 3. The minimum Gasteiger partial charge on any atom is -0.508 e. The van der Waals surface area contributed by atoms with E-state index in [9.17, 15) is 9.90 Å². The Balaban J connectivity index is 1.22. The molecule has 36 heavy (non-hydrogen) atoms. The van der Waals surface area contributed by atoms with Gasteiger partial charge < -0.3 is 15.3 Å². The van der Waals surface area contributed by atoms with Crippen LogP contribution in [-0.4, -0.2) is 65.1 Å². The maximum atomic E-state index is 13.7. The summed E-state index contributed by atoms with van der Waals surface area (Å²) in [6.07, 6.45) is 8.45. The van der Waals surface area contributed by atoms with Crippen LogP contribution in [0.15, 0.2) is 48.5 Å². The van der Waals surface area contributed by atoms with Gasteiger partial charge >= 0.3 is 0 Å². The number of likely N-dealkylation sites (tertiary alicyclic amines) is 2. The van der Waals surface area contributed by atoms with Crippen LogP contribution in [0.4, 0.5) is 0 Å². The van der Waals surface area contributed by atoms with Crippen molar-refractivity contribution in [1.29, 1.82) is 0 Å². The summed E-state index contributed by atoms with van der Waals surface area (Å²) in [4.78, 5) is 18.8. The molecule has 2 N–H and O–H groups in total. The number of piperidine rings is 1. The van der Waals surface area contributed by atoms with E-state index in [1.807, 2.05) is 36.4 Å². The molecule has 3 saturated heterocycles. The highest BCUT2D eigenvalue weighted by atomic mass is 16.3. The average Bonchev–Trinajstić information content (AvgIpc) is 3.57. The van der Waals surface area contributed by atoms with Gasteiger partial charge in [-0.05, 0) is 111 Å². The second kappa shape index (κ2) is 7.58. The molecule has 3 heterocycles.